The van der Waals surface area contributed by atoms with Crippen LogP contribution in [0.15, 0.2) is 28.7 Å². The molecule has 140 valence electrons. The largest absolute Gasteiger partial charge is 0.389 e. The Hall–Kier alpha value is -0.420. The molecule has 0 aromatic heterocycles. The van der Waals surface area contributed by atoms with Gasteiger partial charge in [-0.3, -0.25) is 0 Å². The van der Waals surface area contributed by atoms with Crippen LogP contribution >= 0.6 is 15.9 Å². The zero-order valence-corrected chi connectivity index (χ0v) is 17.3. The van der Waals surface area contributed by atoms with Gasteiger partial charge in [-0.15, -0.1) is 0 Å². The fourth-order valence-corrected chi connectivity index (χ4v) is 5.11. The highest BCUT2D eigenvalue weighted by molar-refractivity contribution is 9.10. The molecule has 1 heterocycles. The Labute approximate surface area is 161 Å². The molecule has 2 fully saturated rings. The minimum Gasteiger partial charge on any atom is -0.389 e. The summed E-state index contributed by atoms with van der Waals surface area (Å²) >= 11 is 3.62. The maximum atomic E-state index is 11.5. The summed E-state index contributed by atoms with van der Waals surface area (Å²) in [5, 5.41) is 11.5. The summed E-state index contributed by atoms with van der Waals surface area (Å²) in [5.74, 6) is 0.209. The molecule has 3 rings (SSSR count). The Morgan fingerprint density at radius 3 is 2.48 bits per heavy atom. The summed E-state index contributed by atoms with van der Waals surface area (Å²) in [6.07, 6.45) is 7.93. The molecule has 25 heavy (non-hydrogen) atoms. The first-order valence-corrected chi connectivity index (χ1v) is 10.6. The summed E-state index contributed by atoms with van der Waals surface area (Å²) in [4.78, 5) is 4.94. The second-order valence-corrected chi connectivity index (χ2v) is 9.18. The molecule has 1 unspecified atom stereocenters. The maximum Gasteiger partial charge on any atom is 0.0728 e. The first kappa shape index (κ1) is 19.3. The van der Waals surface area contributed by atoms with E-state index in [9.17, 15) is 5.11 Å². The third-order valence-electron chi connectivity index (χ3n) is 6.35. The lowest BCUT2D eigenvalue weighted by molar-refractivity contribution is -0.0335. The smallest absolute Gasteiger partial charge is 0.0728 e. The van der Waals surface area contributed by atoms with Crippen LogP contribution in [0.5, 0.6) is 0 Å². The number of hydrogen-bond acceptors (Lipinski definition) is 3. The van der Waals surface area contributed by atoms with Gasteiger partial charge in [0.05, 0.1) is 5.60 Å². The van der Waals surface area contributed by atoms with Gasteiger partial charge in [-0.25, -0.2) is 0 Å². The summed E-state index contributed by atoms with van der Waals surface area (Å²) in [6.45, 7) is 3.26. The molecule has 0 amide bonds. The highest BCUT2D eigenvalue weighted by Gasteiger charge is 2.40. The molecule has 1 aromatic rings. The van der Waals surface area contributed by atoms with Crippen LogP contribution in [0.4, 0.5) is 0 Å². The minimum atomic E-state index is -0.544. The molecule has 1 aromatic carbocycles. The van der Waals surface area contributed by atoms with E-state index in [2.05, 4.69) is 64.1 Å². The van der Waals surface area contributed by atoms with Crippen LogP contribution in [-0.2, 0) is 0 Å². The van der Waals surface area contributed by atoms with E-state index >= 15 is 0 Å². The topological polar surface area (TPSA) is 26.7 Å². The summed E-state index contributed by atoms with van der Waals surface area (Å²) < 4.78 is 1.11. The maximum absolute atomic E-state index is 11.5. The number of nitrogens with zero attached hydrogens (tertiary/aromatic N) is 2. The lowest BCUT2D eigenvalue weighted by atomic mass is 9.72. The van der Waals surface area contributed by atoms with Gasteiger partial charge in [0.25, 0.3) is 0 Å². The second kappa shape index (κ2) is 8.51. The fraction of sp³-hybridized carbons (Fsp3) is 0.714. The van der Waals surface area contributed by atoms with Gasteiger partial charge >= 0.3 is 0 Å². The molecule has 1 N–H and O–H groups in total. The van der Waals surface area contributed by atoms with Gasteiger partial charge in [0.15, 0.2) is 0 Å². The van der Waals surface area contributed by atoms with Crippen LogP contribution in [0.3, 0.4) is 0 Å². The van der Waals surface area contributed by atoms with Crippen LogP contribution in [0.25, 0.3) is 0 Å². The highest BCUT2D eigenvalue weighted by atomic mass is 79.9. The molecule has 1 aliphatic carbocycles. The van der Waals surface area contributed by atoms with Gasteiger partial charge in [0.2, 0.25) is 0 Å². The first-order valence-electron chi connectivity index (χ1n) is 9.84. The van der Waals surface area contributed by atoms with E-state index in [1.54, 1.807) is 0 Å². The molecule has 3 nitrogen and oxygen atoms in total. The van der Waals surface area contributed by atoms with E-state index in [1.165, 1.54) is 24.8 Å². The Bertz CT molecular complexity index is 549. The van der Waals surface area contributed by atoms with Gasteiger partial charge < -0.3 is 14.9 Å². The molecule has 1 saturated carbocycles. The first-order chi connectivity index (χ1) is 12.0. The minimum absolute atomic E-state index is 0.209. The van der Waals surface area contributed by atoms with Crippen molar-refractivity contribution < 1.29 is 5.11 Å². The monoisotopic (exact) mass is 408 g/mol. The molecule has 1 aliphatic heterocycles. The number of rotatable bonds is 5. The van der Waals surface area contributed by atoms with Crippen molar-refractivity contribution >= 4 is 15.9 Å². The van der Waals surface area contributed by atoms with Crippen molar-refractivity contribution in [2.45, 2.75) is 62.5 Å². The lowest BCUT2D eigenvalue weighted by Gasteiger charge is -2.43. The van der Waals surface area contributed by atoms with E-state index in [-0.39, 0.29) is 5.92 Å². The van der Waals surface area contributed by atoms with Crippen molar-refractivity contribution in [3.05, 3.63) is 34.3 Å². The van der Waals surface area contributed by atoms with Gasteiger partial charge in [-0.2, -0.15) is 0 Å². The SMILES string of the molecule is CN(C)C1CCN(CC(c2cccc(Br)c2)C2(O)CCCCC2)CC1. The summed E-state index contributed by atoms with van der Waals surface area (Å²) in [7, 11) is 4.38. The number of benzene rings is 1. The van der Waals surface area contributed by atoms with Crippen molar-refractivity contribution in [3.63, 3.8) is 0 Å². The molecular weight excluding hydrogens is 376 g/mol. The molecular formula is C21H33BrN2O. The van der Waals surface area contributed by atoms with E-state index in [0.29, 0.717) is 6.04 Å². The van der Waals surface area contributed by atoms with Gasteiger partial charge in [0, 0.05) is 23.0 Å². The van der Waals surface area contributed by atoms with E-state index in [1.807, 2.05) is 0 Å². The molecule has 2 aliphatic rings. The van der Waals surface area contributed by atoms with Crippen LogP contribution in [0, 0.1) is 0 Å². The Morgan fingerprint density at radius 1 is 1.20 bits per heavy atom. The van der Waals surface area contributed by atoms with Crippen LogP contribution in [0.1, 0.15) is 56.4 Å². The average Bonchev–Trinajstić information content (AvgIpc) is 2.60. The second-order valence-electron chi connectivity index (χ2n) is 8.27. The predicted molar refractivity (Wildman–Crippen MR) is 108 cm³/mol. The van der Waals surface area contributed by atoms with Crippen LogP contribution < -0.4 is 0 Å². The molecule has 1 saturated heterocycles. The van der Waals surface area contributed by atoms with Crippen molar-refractivity contribution in [1.82, 2.24) is 9.80 Å². The molecule has 4 heteroatoms. The Balaban J connectivity index is 1.75. The third-order valence-corrected chi connectivity index (χ3v) is 6.84. The normalized spacial score (nSPS) is 23.7. The molecule has 0 radical (unpaired) electrons. The molecule has 0 bridgehead atoms. The van der Waals surface area contributed by atoms with E-state index in [4.69, 9.17) is 0 Å². The zero-order valence-electron chi connectivity index (χ0n) is 15.8. The Morgan fingerprint density at radius 2 is 1.88 bits per heavy atom. The number of halogens is 1. The van der Waals surface area contributed by atoms with Crippen molar-refractivity contribution in [2.24, 2.45) is 0 Å². The lowest BCUT2D eigenvalue weighted by Crippen LogP contribution is -2.48. The molecule has 0 spiro atoms. The van der Waals surface area contributed by atoms with Gasteiger partial charge in [-0.1, -0.05) is 47.3 Å². The summed E-state index contributed by atoms with van der Waals surface area (Å²) in [6, 6.07) is 9.31. The van der Waals surface area contributed by atoms with E-state index in [0.717, 1.165) is 49.8 Å². The quantitative estimate of drug-likeness (QED) is 0.788. The van der Waals surface area contributed by atoms with Crippen LogP contribution in [-0.4, -0.2) is 60.3 Å². The average molecular weight is 409 g/mol. The van der Waals surface area contributed by atoms with Crippen molar-refractivity contribution in [2.75, 3.05) is 33.7 Å². The van der Waals surface area contributed by atoms with Crippen molar-refractivity contribution in [3.8, 4) is 0 Å². The fourth-order valence-electron chi connectivity index (χ4n) is 4.70. The summed E-state index contributed by atoms with van der Waals surface area (Å²) in [5.41, 5.74) is 0.741. The highest BCUT2D eigenvalue weighted by Crippen LogP contribution is 2.41. The van der Waals surface area contributed by atoms with Gasteiger partial charge in [-0.05, 0) is 70.6 Å². The number of piperidine rings is 1. The van der Waals surface area contributed by atoms with Crippen LogP contribution in [0.2, 0.25) is 0 Å². The third kappa shape index (κ3) is 4.85. The number of aliphatic hydroxyl groups is 1. The molecule has 1 atom stereocenters. The number of hydrogen-bond donors (Lipinski definition) is 1. The number of likely N-dealkylation sites (tertiary alicyclic amines) is 1. The standard InChI is InChI=1S/C21H33BrN2O/c1-23(2)19-9-13-24(14-10-19)16-20(17-7-6-8-18(22)15-17)21(25)11-4-3-5-12-21/h6-8,15,19-20,25H,3-5,9-14,16H2,1-2H3. The Kier molecular flexibility index (Phi) is 6.59. The van der Waals surface area contributed by atoms with E-state index < -0.39 is 5.60 Å². The van der Waals surface area contributed by atoms with Gasteiger partial charge in [0.1, 0.15) is 0 Å². The predicted octanol–water partition coefficient (Wildman–Crippen LogP) is 4.25. The zero-order chi connectivity index (χ0) is 17.9. The van der Waals surface area contributed by atoms with Crippen molar-refractivity contribution in [1.29, 1.82) is 0 Å².